The third-order valence-corrected chi connectivity index (χ3v) is 6.59. The third-order valence-electron chi connectivity index (χ3n) is 4.06. The van der Waals surface area contributed by atoms with E-state index in [9.17, 15) is 4.79 Å². The van der Waals surface area contributed by atoms with Gasteiger partial charge in [-0.15, -0.1) is 11.3 Å². The van der Waals surface area contributed by atoms with Crippen LogP contribution in [-0.4, -0.2) is 38.2 Å². The Morgan fingerprint density at radius 3 is 2.41 bits per heavy atom. The fourth-order valence-corrected chi connectivity index (χ4v) is 5.03. The number of amides is 1. The molecule has 0 radical (unpaired) electrons. The zero-order valence-corrected chi connectivity index (χ0v) is 17.8. The molecule has 6 nitrogen and oxygen atoms in total. The molecule has 0 aliphatic heterocycles. The normalized spacial score (nSPS) is 10.9. The molecule has 0 aliphatic carbocycles. The van der Waals surface area contributed by atoms with Crippen molar-refractivity contribution in [3.63, 3.8) is 0 Å². The van der Waals surface area contributed by atoms with Crippen LogP contribution in [0.3, 0.4) is 0 Å². The van der Waals surface area contributed by atoms with E-state index in [0.29, 0.717) is 27.1 Å². The van der Waals surface area contributed by atoms with E-state index in [2.05, 4.69) is 29.0 Å². The van der Waals surface area contributed by atoms with Crippen LogP contribution in [-0.2, 0) is 0 Å². The van der Waals surface area contributed by atoms with Gasteiger partial charge in [-0.2, -0.15) is 0 Å². The highest BCUT2D eigenvalue weighted by Gasteiger charge is 2.18. The van der Waals surface area contributed by atoms with E-state index in [1.807, 2.05) is 6.07 Å². The number of thiophene rings is 1. The van der Waals surface area contributed by atoms with Crippen LogP contribution in [0.1, 0.15) is 23.5 Å². The van der Waals surface area contributed by atoms with Crippen LogP contribution in [0.4, 0.5) is 10.8 Å². The molecule has 2 heterocycles. The minimum absolute atomic E-state index is 0.233. The van der Waals surface area contributed by atoms with Crippen molar-refractivity contribution >= 4 is 60.5 Å². The number of thiazole rings is 1. The molecule has 27 heavy (non-hydrogen) atoms. The number of nitrogens with one attached hydrogen (secondary N) is 1. The number of anilines is 2. The van der Waals surface area contributed by atoms with Crippen molar-refractivity contribution in [1.82, 2.24) is 4.98 Å². The van der Waals surface area contributed by atoms with Gasteiger partial charge in [0.15, 0.2) is 16.6 Å². The predicted octanol–water partition coefficient (Wildman–Crippen LogP) is 5.13. The molecule has 3 aromatic rings. The molecular weight excluding hydrogens is 406 g/mol. The SMILES string of the molecule is CCN(CC)c1nc2sc(C(=O)Nc3cc(OC)c(OC)cc3Cl)cc2s1. The van der Waals surface area contributed by atoms with Gasteiger partial charge in [-0.1, -0.05) is 22.9 Å². The summed E-state index contributed by atoms with van der Waals surface area (Å²) in [7, 11) is 3.06. The molecule has 0 bridgehead atoms. The van der Waals surface area contributed by atoms with Crippen LogP contribution in [0.2, 0.25) is 5.02 Å². The lowest BCUT2D eigenvalue weighted by atomic mass is 10.2. The Labute approximate surface area is 170 Å². The maximum absolute atomic E-state index is 12.7. The summed E-state index contributed by atoms with van der Waals surface area (Å²) in [6, 6.07) is 5.13. The van der Waals surface area contributed by atoms with Gasteiger partial charge in [0.1, 0.15) is 4.83 Å². The second kappa shape index (κ2) is 8.33. The predicted molar refractivity (Wildman–Crippen MR) is 114 cm³/mol. The molecule has 0 fully saturated rings. The summed E-state index contributed by atoms with van der Waals surface area (Å²) < 4.78 is 11.5. The summed E-state index contributed by atoms with van der Waals surface area (Å²) in [6.07, 6.45) is 0. The zero-order chi connectivity index (χ0) is 19.6. The molecule has 0 unspecified atom stereocenters. The Balaban J connectivity index is 1.83. The van der Waals surface area contributed by atoms with E-state index >= 15 is 0 Å². The third kappa shape index (κ3) is 3.97. The van der Waals surface area contributed by atoms with Crippen LogP contribution >= 0.6 is 34.3 Å². The van der Waals surface area contributed by atoms with Crippen LogP contribution in [0.25, 0.3) is 9.53 Å². The monoisotopic (exact) mass is 425 g/mol. The van der Waals surface area contributed by atoms with E-state index in [1.54, 1.807) is 23.5 Å². The van der Waals surface area contributed by atoms with Crippen LogP contribution in [0.15, 0.2) is 18.2 Å². The number of hydrogen-bond acceptors (Lipinski definition) is 7. The van der Waals surface area contributed by atoms with Crippen molar-refractivity contribution < 1.29 is 14.3 Å². The van der Waals surface area contributed by atoms with Gasteiger partial charge in [-0.25, -0.2) is 4.98 Å². The summed E-state index contributed by atoms with van der Waals surface area (Å²) in [6.45, 7) is 6.01. The lowest BCUT2D eigenvalue weighted by Crippen LogP contribution is -2.21. The summed E-state index contributed by atoms with van der Waals surface area (Å²) in [4.78, 5) is 21.0. The van der Waals surface area contributed by atoms with E-state index in [0.717, 1.165) is 27.8 Å². The van der Waals surface area contributed by atoms with Crippen molar-refractivity contribution in [2.75, 3.05) is 37.5 Å². The van der Waals surface area contributed by atoms with Gasteiger partial charge in [-0.05, 0) is 19.9 Å². The highest BCUT2D eigenvalue weighted by Crippen LogP contribution is 2.38. The Bertz CT molecular complexity index is 935. The van der Waals surface area contributed by atoms with Crippen molar-refractivity contribution in [3.05, 3.63) is 28.1 Å². The molecule has 0 aliphatic rings. The molecule has 9 heteroatoms. The van der Waals surface area contributed by atoms with E-state index in [1.165, 1.54) is 25.6 Å². The largest absolute Gasteiger partial charge is 0.493 e. The number of nitrogens with zero attached hydrogens (tertiary/aromatic N) is 2. The van der Waals surface area contributed by atoms with E-state index in [-0.39, 0.29) is 5.91 Å². The standard InChI is InChI=1S/C18H20ClN3O3S2/c1-5-22(6-2)18-21-17-15(27-18)9-14(26-17)16(23)20-11-8-13(25-4)12(24-3)7-10(11)19/h7-9H,5-6H2,1-4H3,(H,20,23). The maximum Gasteiger partial charge on any atom is 0.265 e. The van der Waals surface area contributed by atoms with E-state index in [4.69, 9.17) is 21.1 Å². The Morgan fingerprint density at radius 2 is 1.81 bits per heavy atom. The number of fused-ring (bicyclic) bond motifs is 1. The number of carbonyl (C=O) groups excluding carboxylic acids is 1. The molecule has 0 atom stereocenters. The molecule has 144 valence electrons. The lowest BCUT2D eigenvalue weighted by molar-refractivity contribution is 0.103. The van der Waals surface area contributed by atoms with Crippen molar-refractivity contribution in [2.24, 2.45) is 0 Å². The Hall–Kier alpha value is -2.03. The van der Waals surface area contributed by atoms with Gasteiger partial charge in [-0.3, -0.25) is 4.79 Å². The summed E-state index contributed by atoms with van der Waals surface area (Å²) in [5, 5.41) is 4.19. The average Bonchev–Trinajstić information content (AvgIpc) is 3.23. The molecule has 2 aromatic heterocycles. The topological polar surface area (TPSA) is 63.7 Å². The first kappa shape index (κ1) is 19.7. The molecule has 1 aromatic carbocycles. The van der Waals surface area contributed by atoms with Gasteiger partial charge < -0.3 is 19.7 Å². The molecule has 1 amide bonds. The molecule has 1 N–H and O–H groups in total. The van der Waals surface area contributed by atoms with Gasteiger partial charge in [0.25, 0.3) is 5.91 Å². The highest BCUT2D eigenvalue weighted by molar-refractivity contribution is 7.29. The summed E-state index contributed by atoms with van der Waals surface area (Å²) >= 11 is 9.22. The van der Waals surface area contributed by atoms with E-state index < -0.39 is 0 Å². The fraction of sp³-hybridized carbons (Fsp3) is 0.333. The molecule has 0 saturated carbocycles. The first-order valence-corrected chi connectivity index (χ1v) is 10.4. The van der Waals surface area contributed by atoms with Gasteiger partial charge in [0, 0.05) is 25.2 Å². The molecular formula is C18H20ClN3O3S2. The average molecular weight is 426 g/mol. The minimum atomic E-state index is -0.233. The summed E-state index contributed by atoms with van der Waals surface area (Å²) in [5.41, 5.74) is 0.466. The Morgan fingerprint density at radius 1 is 1.15 bits per heavy atom. The second-order valence-corrected chi connectivity index (χ2v) is 8.04. The minimum Gasteiger partial charge on any atom is -0.493 e. The molecule has 0 spiro atoms. The quantitative estimate of drug-likeness (QED) is 0.568. The zero-order valence-electron chi connectivity index (χ0n) is 15.5. The van der Waals surface area contributed by atoms with Crippen LogP contribution in [0.5, 0.6) is 11.5 Å². The van der Waals surface area contributed by atoms with Gasteiger partial charge in [0.2, 0.25) is 0 Å². The summed E-state index contributed by atoms with van der Waals surface area (Å²) in [5.74, 6) is 0.767. The lowest BCUT2D eigenvalue weighted by Gasteiger charge is -2.16. The van der Waals surface area contributed by atoms with Crippen molar-refractivity contribution in [1.29, 1.82) is 0 Å². The first-order valence-electron chi connectivity index (χ1n) is 8.38. The van der Waals surface area contributed by atoms with Gasteiger partial charge >= 0.3 is 0 Å². The Kier molecular flexibility index (Phi) is 6.08. The number of methoxy groups -OCH3 is 2. The number of halogens is 1. The van der Waals surface area contributed by atoms with Crippen LogP contribution in [0, 0.1) is 0 Å². The maximum atomic E-state index is 12.7. The van der Waals surface area contributed by atoms with Crippen molar-refractivity contribution in [3.8, 4) is 11.5 Å². The molecule has 3 rings (SSSR count). The fourth-order valence-electron chi connectivity index (χ4n) is 2.60. The highest BCUT2D eigenvalue weighted by atomic mass is 35.5. The van der Waals surface area contributed by atoms with Crippen molar-refractivity contribution in [2.45, 2.75) is 13.8 Å². The number of rotatable bonds is 7. The smallest absolute Gasteiger partial charge is 0.265 e. The molecule has 0 saturated heterocycles. The number of carbonyl (C=O) groups is 1. The van der Waals surface area contributed by atoms with Crippen LogP contribution < -0.4 is 19.7 Å². The van der Waals surface area contributed by atoms with Gasteiger partial charge in [0.05, 0.1) is 34.5 Å². The number of aromatic nitrogens is 1. The first-order chi connectivity index (χ1) is 13.0. The second-order valence-electron chi connectivity index (χ2n) is 5.59. The number of ether oxygens (including phenoxy) is 2. The number of benzene rings is 1. The number of hydrogen-bond donors (Lipinski definition) is 1.